The second kappa shape index (κ2) is 5.66. The lowest BCUT2D eigenvalue weighted by molar-refractivity contribution is -0.142. The van der Waals surface area contributed by atoms with Crippen LogP contribution in [0.3, 0.4) is 0 Å². The number of phenolic OH excluding ortho intramolecular Hbond substituents is 1. The first-order valence-corrected chi connectivity index (χ1v) is 5.91. The van der Waals surface area contributed by atoms with E-state index in [-0.39, 0.29) is 18.1 Å². The fraction of sp³-hybridized carbons (Fsp3) is 0.364. The highest BCUT2D eigenvalue weighted by atomic mass is 32.2. The van der Waals surface area contributed by atoms with Crippen molar-refractivity contribution in [3.8, 4) is 5.75 Å². The van der Waals surface area contributed by atoms with Gasteiger partial charge in [0.25, 0.3) is 0 Å². The van der Waals surface area contributed by atoms with Crippen LogP contribution < -0.4 is 0 Å². The molecular formula is C11H14O3S. The van der Waals surface area contributed by atoms with Crippen molar-refractivity contribution in [3.05, 3.63) is 23.8 Å². The predicted molar refractivity (Wildman–Crippen MR) is 60.2 cm³/mol. The van der Waals surface area contributed by atoms with Crippen LogP contribution >= 0.6 is 11.8 Å². The monoisotopic (exact) mass is 226 g/mol. The first kappa shape index (κ1) is 11.9. The van der Waals surface area contributed by atoms with Crippen molar-refractivity contribution in [2.75, 3.05) is 12.9 Å². The van der Waals surface area contributed by atoms with E-state index < -0.39 is 0 Å². The lowest BCUT2D eigenvalue weighted by Crippen LogP contribution is -2.07. The lowest BCUT2D eigenvalue weighted by Gasteiger charge is -2.05. The van der Waals surface area contributed by atoms with Gasteiger partial charge in [-0.05, 0) is 25.3 Å². The molecule has 0 atom stereocenters. The Morgan fingerprint density at radius 1 is 1.53 bits per heavy atom. The Hall–Kier alpha value is -1.16. The molecule has 15 heavy (non-hydrogen) atoms. The van der Waals surface area contributed by atoms with Gasteiger partial charge >= 0.3 is 5.97 Å². The molecule has 82 valence electrons. The van der Waals surface area contributed by atoms with Crippen molar-refractivity contribution in [3.63, 3.8) is 0 Å². The second-order valence-corrected chi connectivity index (χ2v) is 3.86. The molecule has 3 nitrogen and oxygen atoms in total. The van der Waals surface area contributed by atoms with Gasteiger partial charge in [0.1, 0.15) is 5.75 Å². The fourth-order valence-electron chi connectivity index (χ4n) is 1.19. The molecule has 0 heterocycles. The highest BCUT2D eigenvalue weighted by Gasteiger charge is 2.08. The van der Waals surface area contributed by atoms with E-state index in [0.29, 0.717) is 12.2 Å². The molecule has 1 aromatic rings. The summed E-state index contributed by atoms with van der Waals surface area (Å²) in [5.74, 6) is -0.167. The van der Waals surface area contributed by atoms with Crippen LogP contribution in [-0.4, -0.2) is 23.9 Å². The predicted octanol–water partition coefficient (Wildman–Crippen LogP) is 2.22. The Morgan fingerprint density at radius 2 is 2.27 bits per heavy atom. The zero-order chi connectivity index (χ0) is 11.3. The third-order valence-electron chi connectivity index (χ3n) is 1.93. The third kappa shape index (κ3) is 3.47. The number of phenols is 1. The molecule has 0 radical (unpaired) electrons. The summed E-state index contributed by atoms with van der Waals surface area (Å²) in [6.07, 6.45) is 2.05. The first-order chi connectivity index (χ1) is 7.17. The number of rotatable bonds is 4. The molecular weight excluding hydrogens is 212 g/mol. The van der Waals surface area contributed by atoms with Gasteiger partial charge in [0.15, 0.2) is 0 Å². The number of ether oxygens (including phenoxy) is 1. The molecule has 0 spiro atoms. The maximum absolute atomic E-state index is 11.2. The van der Waals surface area contributed by atoms with E-state index in [1.165, 1.54) is 0 Å². The highest BCUT2D eigenvalue weighted by molar-refractivity contribution is 7.98. The van der Waals surface area contributed by atoms with E-state index in [2.05, 4.69) is 0 Å². The Morgan fingerprint density at radius 3 is 2.80 bits per heavy atom. The Kier molecular flexibility index (Phi) is 4.49. The minimum Gasteiger partial charge on any atom is -0.508 e. The number of esters is 1. The van der Waals surface area contributed by atoms with Crippen LogP contribution in [0.15, 0.2) is 23.1 Å². The van der Waals surface area contributed by atoms with Crippen LogP contribution in [0.5, 0.6) is 5.75 Å². The number of carbonyl (C=O) groups is 1. The van der Waals surface area contributed by atoms with Crippen LogP contribution in [0.4, 0.5) is 0 Å². The summed E-state index contributed by atoms with van der Waals surface area (Å²) in [7, 11) is 0. The summed E-state index contributed by atoms with van der Waals surface area (Å²) in [6.45, 7) is 2.12. The van der Waals surface area contributed by atoms with E-state index in [4.69, 9.17) is 4.74 Å². The molecule has 4 heteroatoms. The van der Waals surface area contributed by atoms with Crippen LogP contribution in [-0.2, 0) is 16.0 Å². The maximum Gasteiger partial charge on any atom is 0.310 e. The van der Waals surface area contributed by atoms with Gasteiger partial charge in [-0.25, -0.2) is 0 Å². The molecule has 0 bridgehead atoms. The number of hydrogen-bond acceptors (Lipinski definition) is 4. The van der Waals surface area contributed by atoms with E-state index in [0.717, 1.165) is 4.90 Å². The summed E-state index contributed by atoms with van der Waals surface area (Å²) < 4.78 is 4.80. The Labute approximate surface area is 93.4 Å². The van der Waals surface area contributed by atoms with Gasteiger partial charge in [-0.15, -0.1) is 11.8 Å². The van der Waals surface area contributed by atoms with E-state index >= 15 is 0 Å². The van der Waals surface area contributed by atoms with Crippen molar-refractivity contribution in [2.45, 2.75) is 18.2 Å². The average molecular weight is 226 g/mol. The average Bonchev–Trinajstić information content (AvgIpc) is 2.21. The quantitative estimate of drug-likeness (QED) is 0.631. The van der Waals surface area contributed by atoms with E-state index in [1.54, 1.807) is 30.8 Å². The van der Waals surface area contributed by atoms with Gasteiger partial charge in [-0.2, -0.15) is 0 Å². The topological polar surface area (TPSA) is 46.5 Å². The fourth-order valence-corrected chi connectivity index (χ4v) is 1.62. The number of benzene rings is 1. The first-order valence-electron chi connectivity index (χ1n) is 4.69. The minimum absolute atomic E-state index is 0.119. The van der Waals surface area contributed by atoms with Crippen LogP contribution in [0.25, 0.3) is 0 Å². The Balaban J connectivity index is 2.73. The molecule has 1 N–H and O–H groups in total. The van der Waals surface area contributed by atoms with Gasteiger partial charge in [0, 0.05) is 10.5 Å². The van der Waals surface area contributed by atoms with Gasteiger partial charge in [-0.3, -0.25) is 4.79 Å². The smallest absolute Gasteiger partial charge is 0.310 e. The van der Waals surface area contributed by atoms with Crippen molar-refractivity contribution in [2.24, 2.45) is 0 Å². The van der Waals surface area contributed by atoms with E-state index in [9.17, 15) is 9.90 Å². The molecule has 0 saturated carbocycles. The van der Waals surface area contributed by atoms with Gasteiger partial charge in [-0.1, -0.05) is 6.07 Å². The van der Waals surface area contributed by atoms with Crippen LogP contribution in [0.1, 0.15) is 12.5 Å². The third-order valence-corrected chi connectivity index (χ3v) is 2.66. The number of hydrogen-bond donors (Lipinski definition) is 1. The molecule has 0 saturated heterocycles. The van der Waals surface area contributed by atoms with Gasteiger partial charge in [0.2, 0.25) is 0 Å². The second-order valence-electron chi connectivity index (χ2n) is 2.98. The molecule has 0 aliphatic heterocycles. The van der Waals surface area contributed by atoms with Crippen molar-refractivity contribution >= 4 is 17.7 Å². The summed E-state index contributed by atoms with van der Waals surface area (Å²) in [5.41, 5.74) is 0.603. The van der Waals surface area contributed by atoms with E-state index in [1.807, 2.05) is 12.3 Å². The molecule has 1 rings (SSSR count). The largest absolute Gasteiger partial charge is 0.508 e. The maximum atomic E-state index is 11.2. The normalized spacial score (nSPS) is 10.0. The molecule has 1 aromatic carbocycles. The standard InChI is InChI=1S/C11H14O3S/c1-3-14-11(13)6-8-4-5-9(15-2)7-10(8)12/h4-5,7,12H,3,6H2,1-2H3. The van der Waals surface area contributed by atoms with Gasteiger partial charge in [0.05, 0.1) is 13.0 Å². The van der Waals surface area contributed by atoms with Crippen molar-refractivity contribution < 1.29 is 14.6 Å². The number of thioether (sulfide) groups is 1. The summed E-state index contributed by atoms with van der Waals surface area (Å²) in [5, 5.41) is 9.62. The summed E-state index contributed by atoms with van der Waals surface area (Å²) >= 11 is 1.54. The molecule has 0 aliphatic carbocycles. The zero-order valence-electron chi connectivity index (χ0n) is 8.82. The van der Waals surface area contributed by atoms with Crippen LogP contribution in [0, 0.1) is 0 Å². The Bertz CT molecular complexity index is 350. The molecule has 0 amide bonds. The highest BCUT2D eigenvalue weighted by Crippen LogP contribution is 2.24. The minimum atomic E-state index is -0.315. The summed E-state index contributed by atoms with van der Waals surface area (Å²) in [4.78, 5) is 12.2. The van der Waals surface area contributed by atoms with Crippen molar-refractivity contribution in [1.82, 2.24) is 0 Å². The van der Waals surface area contributed by atoms with Gasteiger partial charge < -0.3 is 9.84 Å². The molecule has 0 fully saturated rings. The SMILES string of the molecule is CCOC(=O)Cc1ccc(SC)cc1O. The number of aromatic hydroxyl groups is 1. The zero-order valence-corrected chi connectivity index (χ0v) is 9.63. The lowest BCUT2D eigenvalue weighted by atomic mass is 10.1. The summed E-state index contributed by atoms with van der Waals surface area (Å²) in [6, 6.07) is 5.27. The number of carbonyl (C=O) groups excluding carboxylic acids is 1. The van der Waals surface area contributed by atoms with Crippen LogP contribution in [0.2, 0.25) is 0 Å². The molecule has 0 aliphatic rings. The molecule has 0 aromatic heterocycles. The molecule has 0 unspecified atom stereocenters. The van der Waals surface area contributed by atoms with Crippen molar-refractivity contribution in [1.29, 1.82) is 0 Å².